The number of non-ortho nitro benzene ring substituents is 1. The zero-order chi connectivity index (χ0) is 27.0. The minimum absolute atomic E-state index is 0.0784. The van der Waals surface area contributed by atoms with Crippen molar-refractivity contribution in [2.24, 2.45) is 4.99 Å². The monoisotopic (exact) mass is 529 g/mol. The maximum atomic E-state index is 13.9. The lowest BCUT2D eigenvalue weighted by Crippen LogP contribution is -2.40. The van der Waals surface area contributed by atoms with Gasteiger partial charge < -0.3 is 9.47 Å². The summed E-state index contributed by atoms with van der Waals surface area (Å²) in [5.41, 5.74) is 1.37. The van der Waals surface area contributed by atoms with E-state index in [1.54, 1.807) is 39.2 Å². The Balaban J connectivity index is 1.83. The molecular formula is C28H23N3O6S. The molecule has 10 heteroatoms. The molecule has 1 aromatic heterocycles. The van der Waals surface area contributed by atoms with E-state index in [0.29, 0.717) is 31.9 Å². The van der Waals surface area contributed by atoms with Gasteiger partial charge in [0.1, 0.15) is 11.8 Å². The molecule has 4 aromatic rings. The number of fused-ring (bicyclic) bond motifs is 2. The lowest BCUT2D eigenvalue weighted by atomic mass is 9.90. The number of nitro groups is 1. The Hall–Kier alpha value is -4.57. The molecule has 0 unspecified atom stereocenters. The second-order valence-electron chi connectivity index (χ2n) is 8.56. The number of rotatable bonds is 6. The Morgan fingerprint density at radius 2 is 1.97 bits per heavy atom. The molecule has 0 saturated carbocycles. The first-order valence-electron chi connectivity index (χ1n) is 11.8. The number of hydrogen-bond donors (Lipinski definition) is 0. The van der Waals surface area contributed by atoms with Gasteiger partial charge in [0.05, 0.1) is 34.4 Å². The highest BCUT2D eigenvalue weighted by Gasteiger charge is 2.36. The zero-order valence-corrected chi connectivity index (χ0v) is 21.7. The smallest absolute Gasteiger partial charge is 0.338 e. The van der Waals surface area contributed by atoms with E-state index < -0.39 is 16.9 Å². The largest absolute Gasteiger partial charge is 0.496 e. The number of methoxy groups -OCH3 is 1. The van der Waals surface area contributed by atoms with Crippen LogP contribution in [0.2, 0.25) is 0 Å². The lowest BCUT2D eigenvalue weighted by Gasteiger charge is -2.27. The topological polar surface area (TPSA) is 113 Å². The highest BCUT2D eigenvalue weighted by atomic mass is 32.1. The van der Waals surface area contributed by atoms with Crippen LogP contribution in [0, 0.1) is 10.1 Å². The van der Waals surface area contributed by atoms with Gasteiger partial charge in [0.25, 0.3) is 11.2 Å². The Labute approximate surface area is 220 Å². The van der Waals surface area contributed by atoms with E-state index in [1.807, 2.05) is 36.4 Å². The summed E-state index contributed by atoms with van der Waals surface area (Å²) in [6.07, 6.45) is 1.59. The molecule has 1 aliphatic rings. The Morgan fingerprint density at radius 1 is 1.18 bits per heavy atom. The fourth-order valence-corrected chi connectivity index (χ4v) is 5.73. The summed E-state index contributed by atoms with van der Waals surface area (Å²) in [5, 5.41) is 13.0. The lowest BCUT2D eigenvalue weighted by molar-refractivity contribution is -0.384. The summed E-state index contributed by atoms with van der Waals surface area (Å²) in [4.78, 5) is 43.0. The van der Waals surface area contributed by atoms with Crippen LogP contribution in [0.25, 0.3) is 16.8 Å². The number of ether oxygens (including phenoxy) is 2. The van der Waals surface area contributed by atoms with E-state index in [0.717, 1.165) is 22.1 Å². The van der Waals surface area contributed by atoms with Gasteiger partial charge in [-0.3, -0.25) is 19.5 Å². The average Bonchev–Trinajstić information content (AvgIpc) is 3.21. The minimum atomic E-state index is -0.862. The average molecular weight is 530 g/mol. The first-order chi connectivity index (χ1) is 18.3. The van der Waals surface area contributed by atoms with Gasteiger partial charge in [-0.1, -0.05) is 53.8 Å². The molecule has 0 amide bonds. The normalized spacial score (nSPS) is 15.2. The fraction of sp³-hybridized carbons (Fsp3) is 0.179. The van der Waals surface area contributed by atoms with Crippen LogP contribution in [0.5, 0.6) is 5.75 Å². The summed E-state index contributed by atoms with van der Waals surface area (Å²) < 4.78 is 12.9. The van der Waals surface area contributed by atoms with Crippen molar-refractivity contribution in [1.29, 1.82) is 0 Å². The van der Waals surface area contributed by atoms with Gasteiger partial charge in [-0.05, 0) is 42.3 Å². The van der Waals surface area contributed by atoms with Crippen LogP contribution in [-0.4, -0.2) is 29.2 Å². The van der Waals surface area contributed by atoms with Gasteiger partial charge in [0.15, 0.2) is 4.80 Å². The van der Waals surface area contributed by atoms with Gasteiger partial charge in [0, 0.05) is 17.7 Å². The van der Waals surface area contributed by atoms with Crippen LogP contribution in [0.3, 0.4) is 0 Å². The van der Waals surface area contributed by atoms with Crippen LogP contribution >= 0.6 is 11.3 Å². The molecule has 0 radical (unpaired) electrons. The predicted molar refractivity (Wildman–Crippen MR) is 144 cm³/mol. The Bertz CT molecular complexity index is 1820. The van der Waals surface area contributed by atoms with Crippen molar-refractivity contribution >= 4 is 39.8 Å². The molecule has 38 heavy (non-hydrogen) atoms. The molecule has 3 aromatic carbocycles. The SMILES string of the molecule is CCOC(=O)C1=C(C)N=c2s/c(=C\c3cccc([N+](=O)[O-])c3)c(=O)n2[C@@H]1c1c(OC)ccc2ccccc12. The summed E-state index contributed by atoms with van der Waals surface area (Å²) in [7, 11) is 1.54. The van der Waals surface area contributed by atoms with Crippen molar-refractivity contribution in [3.63, 3.8) is 0 Å². The van der Waals surface area contributed by atoms with Crippen molar-refractivity contribution in [2.45, 2.75) is 19.9 Å². The van der Waals surface area contributed by atoms with Gasteiger partial charge >= 0.3 is 5.97 Å². The fourth-order valence-electron chi connectivity index (χ4n) is 4.68. The van der Waals surface area contributed by atoms with Crippen LogP contribution < -0.4 is 19.6 Å². The third kappa shape index (κ3) is 4.28. The molecule has 0 saturated heterocycles. The van der Waals surface area contributed by atoms with E-state index in [9.17, 15) is 19.7 Å². The van der Waals surface area contributed by atoms with Crippen molar-refractivity contribution in [1.82, 2.24) is 4.57 Å². The molecule has 0 bridgehead atoms. The number of benzene rings is 3. The molecule has 5 rings (SSSR count). The number of carbonyl (C=O) groups excluding carboxylic acids is 1. The Kier molecular flexibility index (Phi) is 6.64. The minimum Gasteiger partial charge on any atom is -0.496 e. The molecule has 0 spiro atoms. The van der Waals surface area contributed by atoms with Crippen molar-refractivity contribution in [3.05, 3.63) is 113 Å². The summed E-state index contributed by atoms with van der Waals surface area (Å²) in [5.74, 6) is -0.0554. The number of hydrogen-bond acceptors (Lipinski definition) is 8. The maximum Gasteiger partial charge on any atom is 0.338 e. The number of esters is 1. The molecular weight excluding hydrogens is 506 g/mol. The molecule has 9 nitrogen and oxygen atoms in total. The van der Waals surface area contributed by atoms with Gasteiger partial charge in [0.2, 0.25) is 0 Å². The summed E-state index contributed by atoms with van der Waals surface area (Å²) in [6, 6.07) is 16.6. The first kappa shape index (κ1) is 25.1. The highest BCUT2D eigenvalue weighted by molar-refractivity contribution is 7.07. The second-order valence-corrected chi connectivity index (χ2v) is 9.57. The van der Waals surface area contributed by atoms with E-state index in [2.05, 4.69) is 4.99 Å². The van der Waals surface area contributed by atoms with Gasteiger partial charge in [-0.2, -0.15) is 0 Å². The second kappa shape index (κ2) is 10.1. The number of thiazole rings is 1. The number of carbonyl (C=O) groups is 1. The van der Waals surface area contributed by atoms with E-state index in [-0.39, 0.29) is 23.4 Å². The predicted octanol–water partition coefficient (Wildman–Crippen LogP) is 3.87. The van der Waals surface area contributed by atoms with Crippen molar-refractivity contribution < 1.29 is 19.2 Å². The number of aromatic nitrogens is 1. The molecule has 0 N–H and O–H groups in total. The molecule has 0 aliphatic carbocycles. The molecule has 1 aliphatic heterocycles. The van der Waals surface area contributed by atoms with Gasteiger partial charge in [-0.25, -0.2) is 9.79 Å². The van der Waals surface area contributed by atoms with Crippen LogP contribution in [0.15, 0.2) is 81.7 Å². The third-order valence-corrected chi connectivity index (χ3v) is 7.30. The van der Waals surface area contributed by atoms with E-state index in [4.69, 9.17) is 9.47 Å². The van der Waals surface area contributed by atoms with E-state index in [1.165, 1.54) is 16.7 Å². The molecule has 1 atom stereocenters. The first-order valence-corrected chi connectivity index (χ1v) is 12.7. The zero-order valence-electron chi connectivity index (χ0n) is 20.8. The summed E-state index contributed by atoms with van der Waals surface area (Å²) in [6.45, 7) is 3.59. The maximum absolute atomic E-state index is 13.9. The molecule has 2 heterocycles. The quantitative estimate of drug-likeness (QED) is 0.213. The third-order valence-electron chi connectivity index (χ3n) is 6.32. The highest BCUT2D eigenvalue weighted by Crippen LogP contribution is 2.40. The van der Waals surface area contributed by atoms with E-state index >= 15 is 0 Å². The van der Waals surface area contributed by atoms with Crippen LogP contribution in [-0.2, 0) is 9.53 Å². The summed E-state index contributed by atoms with van der Waals surface area (Å²) >= 11 is 1.15. The number of nitrogens with zero attached hydrogens (tertiary/aromatic N) is 3. The van der Waals surface area contributed by atoms with Crippen molar-refractivity contribution in [2.75, 3.05) is 13.7 Å². The van der Waals surface area contributed by atoms with Crippen molar-refractivity contribution in [3.8, 4) is 5.75 Å². The van der Waals surface area contributed by atoms with Crippen LogP contribution in [0.4, 0.5) is 5.69 Å². The molecule has 192 valence electrons. The molecule has 0 fully saturated rings. The number of allylic oxidation sites excluding steroid dienone is 1. The van der Waals surface area contributed by atoms with Gasteiger partial charge in [-0.15, -0.1) is 0 Å². The standard InChI is InChI=1S/C28H23N3O6S/c1-4-37-27(33)23-16(2)29-28-30(25(23)24-20-11-6-5-9-18(20)12-13-21(24)36-3)26(32)22(38-28)15-17-8-7-10-19(14-17)31(34)35/h5-15,25H,4H2,1-3H3/b22-15-/t25-/m0/s1. The van der Waals surface area contributed by atoms with Crippen LogP contribution in [0.1, 0.15) is 31.0 Å². The Morgan fingerprint density at radius 3 is 2.71 bits per heavy atom. The number of nitro benzene ring substituents is 1.